The molecule has 4 rings (SSSR count). The van der Waals surface area contributed by atoms with Crippen molar-refractivity contribution in [1.29, 1.82) is 0 Å². The van der Waals surface area contributed by atoms with E-state index in [1.807, 2.05) is 37.5 Å². The number of piperidine rings is 1. The molecule has 1 saturated heterocycles. The predicted molar refractivity (Wildman–Crippen MR) is 118 cm³/mol. The van der Waals surface area contributed by atoms with Crippen molar-refractivity contribution in [2.45, 2.75) is 46.0 Å². The van der Waals surface area contributed by atoms with Crippen LogP contribution in [-0.4, -0.2) is 28.8 Å². The fourth-order valence-corrected chi connectivity index (χ4v) is 4.16. The molecule has 0 bridgehead atoms. The van der Waals surface area contributed by atoms with Crippen LogP contribution in [0.2, 0.25) is 0 Å². The van der Waals surface area contributed by atoms with Gasteiger partial charge in [0.15, 0.2) is 0 Å². The average molecular weight is 388 g/mol. The lowest BCUT2D eigenvalue weighted by Crippen LogP contribution is -2.34. The van der Waals surface area contributed by atoms with Crippen LogP contribution < -0.4 is 4.90 Å². The number of aryl methyl sites for hydroxylation is 2. The lowest BCUT2D eigenvalue weighted by atomic mass is 9.97. The number of benzene rings is 1. The third kappa shape index (κ3) is 4.64. The van der Waals surface area contributed by atoms with Crippen LogP contribution in [0.15, 0.2) is 48.8 Å². The van der Waals surface area contributed by atoms with Crippen LogP contribution in [0.3, 0.4) is 0 Å². The lowest BCUT2D eigenvalue weighted by Gasteiger charge is -2.32. The Hall–Kier alpha value is -2.75. The lowest BCUT2D eigenvalue weighted by molar-refractivity contribution is -0.118. The smallest absolute Gasteiger partial charge is 0.137 e. The second-order valence-electron chi connectivity index (χ2n) is 8.34. The number of nitrogens with zero attached hydrogens (tertiary/aromatic N) is 3. The molecular formula is C25H29N3O. The van der Waals surface area contributed by atoms with E-state index < -0.39 is 0 Å². The third-order valence-corrected chi connectivity index (χ3v) is 5.99. The molecular weight excluding hydrogens is 358 g/mol. The molecule has 3 aromatic rings. The van der Waals surface area contributed by atoms with Gasteiger partial charge in [0, 0.05) is 49.4 Å². The van der Waals surface area contributed by atoms with Crippen molar-refractivity contribution >= 4 is 22.4 Å². The normalized spacial score (nSPS) is 15.0. The highest BCUT2D eigenvalue weighted by Gasteiger charge is 2.20. The van der Waals surface area contributed by atoms with Crippen LogP contribution in [-0.2, 0) is 17.6 Å². The zero-order valence-electron chi connectivity index (χ0n) is 17.4. The Morgan fingerprint density at radius 1 is 1.07 bits per heavy atom. The number of fused-ring (bicyclic) bond motifs is 1. The number of Topliss-reactive ketones (excluding diaryl/α,β-unsaturated/α-hetero) is 1. The first-order chi connectivity index (χ1) is 14.1. The van der Waals surface area contributed by atoms with E-state index in [0.717, 1.165) is 53.3 Å². The van der Waals surface area contributed by atoms with E-state index in [9.17, 15) is 4.79 Å². The van der Waals surface area contributed by atoms with E-state index in [1.165, 1.54) is 18.4 Å². The van der Waals surface area contributed by atoms with Gasteiger partial charge >= 0.3 is 0 Å². The zero-order chi connectivity index (χ0) is 20.2. The molecule has 4 nitrogen and oxygen atoms in total. The molecule has 0 spiro atoms. The summed E-state index contributed by atoms with van der Waals surface area (Å²) in [6.07, 6.45) is 7.81. The summed E-state index contributed by atoms with van der Waals surface area (Å²) in [6.45, 7) is 6.47. The van der Waals surface area contributed by atoms with E-state index in [-0.39, 0.29) is 5.78 Å². The first kappa shape index (κ1) is 19.6. The Balaban J connectivity index is 1.45. The topological polar surface area (TPSA) is 46.1 Å². The molecule has 4 heteroatoms. The SMILES string of the molecule is Cc1ccc(CCC(=O)Cc2cncc3ccccc23)c(N2CCC(C)CC2)n1. The fourth-order valence-electron chi connectivity index (χ4n) is 4.16. The molecule has 0 amide bonds. The van der Waals surface area contributed by atoms with E-state index in [2.05, 4.69) is 35.0 Å². The Bertz CT molecular complexity index is 1000. The summed E-state index contributed by atoms with van der Waals surface area (Å²) >= 11 is 0. The number of anilines is 1. The highest BCUT2D eigenvalue weighted by atomic mass is 16.1. The summed E-state index contributed by atoms with van der Waals surface area (Å²) in [5.74, 6) is 2.12. The summed E-state index contributed by atoms with van der Waals surface area (Å²) < 4.78 is 0. The molecule has 3 heterocycles. The minimum atomic E-state index is 0.252. The van der Waals surface area contributed by atoms with Gasteiger partial charge in [0.25, 0.3) is 0 Å². The van der Waals surface area contributed by atoms with Crippen molar-refractivity contribution in [1.82, 2.24) is 9.97 Å². The summed E-state index contributed by atoms with van der Waals surface area (Å²) in [7, 11) is 0. The van der Waals surface area contributed by atoms with Crippen molar-refractivity contribution < 1.29 is 4.79 Å². The Morgan fingerprint density at radius 3 is 2.69 bits per heavy atom. The molecule has 1 aliphatic heterocycles. The maximum atomic E-state index is 12.8. The first-order valence-corrected chi connectivity index (χ1v) is 10.6. The van der Waals surface area contributed by atoms with Crippen molar-refractivity contribution in [3.63, 3.8) is 0 Å². The highest BCUT2D eigenvalue weighted by Crippen LogP contribution is 2.26. The van der Waals surface area contributed by atoms with Gasteiger partial charge in [-0.3, -0.25) is 9.78 Å². The van der Waals surface area contributed by atoms with Gasteiger partial charge in [-0.15, -0.1) is 0 Å². The second-order valence-corrected chi connectivity index (χ2v) is 8.34. The molecule has 0 N–H and O–H groups in total. The van der Waals surface area contributed by atoms with E-state index >= 15 is 0 Å². The van der Waals surface area contributed by atoms with Gasteiger partial charge in [-0.1, -0.05) is 37.3 Å². The minimum Gasteiger partial charge on any atom is -0.356 e. The number of hydrogen-bond donors (Lipinski definition) is 0. The summed E-state index contributed by atoms with van der Waals surface area (Å²) in [5.41, 5.74) is 3.24. The number of hydrogen-bond acceptors (Lipinski definition) is 4. The maximum Gasteiger partial charge on any atom is 0.137 e. The largest absolute Gasteiger partial charge is 0.356 e. The molecule has 1 fully saturated rings. The number of carbonyl (C=O) groups excluding carboxylic acids is 1. The molecule has 0 radical (unpaired) electrons. The summed E-state index contributed by atoms with van der Waals surface area (Å²) in [6, 6.07) is 12.3. The van der Waals surface area contributed by atoms with Crippen molar-refractivity contribution in [3.05, 3.63) is 65.6 Å². The number of carbonyl (C=O) groups is 1. The molecule has 0 atom stereocenters. The van der Waals surface area contributed by atoms with Gasteiger partial charge in [0.2, 0.25) is 0 Å². The van der Waals surface area contributed by atoms with E-state index in [4.69, 9.17) is 4.98 Å². The van der Waals surface area contributed by atoms with Crippen LogP contribution in [0.1, 0.15) is 43.0 Å². The van der Waals surface area contributed by atoms with Gasteiger partial charge in [-0.2, -0.15) is 0 Å². The number of aromatic nitrogens is 2. The molecule has 0 saturated carbocycles. The fraction of sp³-hybridized carbons (Fsp3) is 0.400. The number of rotatable bonds is 6. The van der Waals surface area contributed by atoms with Gasteiger partial charge in [-0.05, 0) is 54.7 Å². The molecule has 2 aromatic heterocycles. The molecule has 150 valence electrons. The van der Waals surface area contributed by atoms with Crippen molar-refractivity contribution in [2.24, 2.45) is 5.92 Å². The number of pyridine rings is 2. The van der Waals surface area contributed by atoms with Crippen molar-refractivity contribution in [3.8, 4) is 0 Å². The van der Waals surface area contributed by atoms with Crippen LogP contribution in [0.5, 0.6) is 0 Å². The van der Waals surface area contributed by atoms with Crippen LogP contribution >= 0.6 is 0 Å². The van der Waals surface area contributed by atoms with Crippen molar-refractivity contribution in [2.75, 3.05) is 18.0 Å². The molecule has 1 aliphatic rings. The Labute approximate surface area is 173 Å². The minimum absolute atomic E-state index is 0.252. The first-order valence-electron chi connectivity index (χ1n) is 10.6. The highest BCUT2D eigenvalue weighted by molar-refractivity contribution is 5.90. The third-order valence-electron chi connectivity index (χ3n) is 5.99. The number of ketones is 1. The zero-order valence-corrected chi connectivity index (χ0v) is 17.4. The summed E-state index contributed by atoms with van der Waals surface area (Å²) in [4.78, 5) is 24.3. The standard InChI is InChI=1S/C25H29N3O/c1-18-11-13-28(14-12-18)25-20(8-7-19(2)27-25)9-10-23(29)15-22-17-26-16-21-5-3-4-6-24(21)22/h3-8,16-18H,9-15H2,1-2H3. The van der Waals surface area contributed by atoms with Crippen LogP contribution in [0, 0.1) is 12.8 Å². The van der Waals surface area contributed by atoms with Crippen LogP contribution in [0.25, 0.3) is 10.8 Å². The maximum absolute atomic E-state index is 12.8. The predicted octanol–water partition coefficient (Wildman–Crippen LogP) is 4.92. The van der Waals surface area contributed by atoms with E-state index in [1.54, 1.807) is 0 Å². The van der Waals surface area contributed by atoms with Gasteiger partial charge in [0.1, 0.15) is 11.6 Å². The monoisotopic (exact) mass is 387 g/mol. The Morgan fingerprint density at radius 2 is 1.86 bits per heavy atom. The van der Waals surface area contributed by atoms with Gasteiger partial charge in [0.05, 0.1) is 0 Å². The van der Waals surface area contributed by atoms with Crippen LogP contribution in [0.4, 0.5) is 5.82 Å². The molecule has 0 unspecified atom stereocenters. The second kappa shape index (κ2) is 8.73. The summed E-state index contributed by atoms with van der Waals surface area (Å²) in [5, 5.41) is 2.21. The molecule has 29 heavy (non-hydrogen) atoms. The Kier molecular flexibility index (Phi) is 5.89. The molecule has 1 aromatic carbocycles. The average Bonchev–Trinajstić information content (AvgIpc) is 2.74. The van der Waals surface area contributed by atoms with Gasteiger partial charge in [-0.25, -0.2) is 4.98 Å². The quantitative estimate of drug-likeness (QED) is 0.602. The van der Waals surface area contributed by atoms with Gasteiger partial charge < -0.3 is 4.90 Å². The van der Waals surface area contributed by atoms with E-state index in [0.29, 0.717) is 12.8 Å². The molecule has 0 aliphatic carbocycles.